The van der Waals surface area contributed by atoms with E-state index in [4.69, 9.17) is 0 Å². The van der Waals surface area contributed by atoms with Crippen LogP contribution in [0.3, 0.4) is 0 Å². The molecule has 2 aromatic carbocycles. The Kier molecular flexibility index (Phi) is 6.21. The number of amides is 3. The molecule has 37 heavy (non-hydrogen) atoms. The van der Waals surface area contributed by atoms with E-state index in [-0.39, 0.29) is 29.6 Å². The van der Waals surface area contributed by atoms with Crippen molar-refractivity contribution in [3.63, 3.8) is 0 Å². The molecule has 0 radical (unpaired) electrons. The van der Waals surface area contributed by atoms with Gasteiger partial charge in [0.25, 0.3) is 5.91 Å². The van der Waals surface area contributed by atoms with Crippen LogP contribution in [0.25, 0.3) is 0 Å². The summed E-state index contributed by atoms with van der Waals surface area (Å²) in [4.78, 5) is 44.7. The fourth-order valence-electron chi connectivity index (χ4n) is 8.11. The molecule has 1 unspecified atom stereocenters. The smallest absolute Gasteiger partial charge is 0.257 e. The van der Waals surface area contributed by atoms with Crippen molar-refractivity contribution in [3.8, 4) is 0 Å². The van der Waals surface area contributed by atoms with Crippen LogP contribution in [-0.4, -0.2) is 35.2 Å². The third-order valence-electron chi connectivity index (χ3n) is 9.55. The van der Waals surface area contributed by atoms with E-state index in [1.807, 2.05) is 47.4 Å². The molecule has 1 heterocycles. The lowest BCUT2D eigenvalue weighted by Gasteiger charge is -2.57. The molecule has 1 aliphatic heterocycles. The average molecular weight is 499 g/mol. The highest BCUT2D eigenvalue weighted by Gasteiger charge is 2.57. The summed E-state index contributed by atoms with van der Waals surface area (Å²) in [5.41, 5.74) is 2.57. The minimum atomic E-state index is -0.721. The Morgan fingerprint density at radius 1 is 0.919 bits per heavy atom. The summed E-state index contributed by atoms with van der Waals surface area (Å²) in [5, 5.41) is 0. The van der Waals surface area contributed by atoms with Crippen LogP contribution in [-0.2, 0) is 20.8 Å². The Balaban J connectivity index is 1.29. The number of imide groups is 1. The zero-order valence-electron chi connectivity index (χ0n) is 22.1. The number of nitrogens with zero attached hydrogens (tertiary/aromatic N) is 2. The fraction of sp³-hybridized carbons (Fsp3) is 0.531. The first kappa shape index (κ1) is 24.4. The van der Waals surface area contributed by atoms with Crippen LogP contribution in [0.4, 0.5) is 5.69 Å². The maximum atomic E-state index is 14.5. The molecular formula is C32H38N2O3. The molecule has 3 amide bonds. The first-order chi connectivity index (χ1) is 17.8. The van der Waals surface area contributed by atoms with E-state index >= 15 is 0 Å². The van der Waals surface area contributed by atoms with Crippen molar-refractivity contribution in [3.05, 3.63) is 65.7 Å². The SMILES string of the molecule is CC(C)c1ccc(N2C(=O)CC(N(CCc3ccccc3)C(=O)C34CC5CC(CC(C5)C3)C4)C2=O)cc1. The second kappa shape index (κ2) is 9.41. The Hall–Kier alpha value is -2.95. The first-order valence-electron chi connectivity index (χ1n) is 14.1. The highest BCUT2D eigenvalue weighted by atomic mass is 16.2. The topological polar surface area (TPSA) is 57.7 Å². The van der Waals surface area contributed by atoms with Gasteiger partial charge in [-0.3, -0.25) is 14.4 Å². The van der Waals surface area contributed by atoms with Crippen molar-refractivity contribution >= 4 is 23.4 Å². The van der Waals surface area contributed by atoms with Gasteiger partial charge in [-0.2, -0.15) is 0 Å². The van der Waals surface area contributed by atoms with E-state index in [2.05, 4.69) is 26.0 Å². The molecule has 5 fully saturated rings. The molecular weight excluding hydrogens is 460 g/mol. The number of hydrogen-bond donors (Lipinski definition) is 0. The van der Waals surface area contributed by atoms with Crippen molar-refractivity contribution in [2.45, 2.75) is 77.2 Å². The van der Waals surface area contributed by atoms with E-state index in [0.29, 0.717) is 42.3 Å². The van der Waals surface area contributed by atoms with Crippen LogP contribution in [0.2, 0.25) is 0 Å². The summed E-state index contributed by atoms with van der Waals surface area (Å²) in [5.74, 6) is 1.96. The molecule has 0 aromatic heterocycles. The summed E-state index contributed by atoms with van der Waals surface area (Å²) in [7, 11) is 0. The molecule has 0 spiro atoms. The van der Waals surface area contributed by atoms with Crippen molar-refractivity contribution in [1.82, 2.24) is 4.90 Å². The van der Waals surface area contributed by atoms with Gasteiger partial charge in [-0.1, -0.05) is 56.3 Å². The van der Waals surface area contributed by atoms with Gasteiger partial charge >= 0.3 is 0 Å². The monoisotopic (exact) mass is 498 g/mol. The number of hydrogen-bond acceptors (Lipinski definition) is 3. The van der Waals surface area contributed by atoms with Crippen molar-refractivity contribution < 1.29 is 14.4 Å². The van der Waals surface area contributed by atoms with Crippen LogP contribution >= 0.6 is 0 Å². The van der Waals surface area contributed by atoms with Gasteiger partial charge in [0, 0.05) is 6.54 Å². The number of carbonyl (C=O) groups excluding carboxylic acids is 3. The number of carbonyl (C=O) groups is 3. The molecule has 7 rings (SSSR count). The van der Waals surface area contributed by atoms with E-state index in [1.54, 1.807) is 0 Å². The van der Waals surface area contributed by atoms with Gasteiger partial charge in [0.1, 0.15) is 6.04 Å². The third-order valence-corrected chi connectivity index (χ3v) is 9.55. The quantitative estimate of drug-likeness (QED) is 0.458. The van der Waals surface area contributed by atoms with Gasteiger partial charge in [-0.15, -0.1) is 0 Å². The molecule has 5 heteroatoms. The molecule has 4 saturated carbocycles. The average Bonchev–Trinajstić information content (AvgIpc) is 3.17. The minimum Gasteiger partial charge on any atom is -0.329 e. The van der Waals surface area contributed by atoms with E-state index in [9.17, 15) is 14.4 Å². The molecule has 1 saturated heterocycles. The van der Waals surface area contributed by atoms with Gasteiger partial charge in [-0.25, -0.2) is 4.90 Å². The summed E-state index contributed by atoms with van der Waals surface area (Å²) in [6.07, 6.45) is 7.39. The molecule has 1 atom stereocenters. The normalized spacial score (nSPS) is 30.4. The maximum absolute atomic E-state index is 14.5. The Morgan fingerprint density at radius 2 is 1.51 bits per heavy atom. The van der Waals surface area contributed by atoms with Crippen molar-refractivity contribution in [2.24, 2.45) is 23.2 Å². The van der Waals surface area contributed by atoms with Crippen molar-refractivity contribution in [1.29, 1.82) is 0 Å². The Morgan fingerprint density at radius 3 is 2.08 bits per heavy atom. The van der Waals surface area contributed by atoms with Gasteiger partial charge in [0.15, 0.2) is 0 Å². The third kappa shape index (κ3) is 4.41. The van der Waals surface area contributed by atoms with E-state index in [1.165, 1.54) is 29.7 Å². The zero-order valence-corrected chi connectivity index (χ0v) is 22.1. The number of benzene rings is 2. The minimum absolute atomic E-state index is 0.0671. The van der Waals surface area contributed by atoms with Gasteiger partial charge in [0.2, 0.25) is 11.8 Å². The summed E-state index contributed by atoms with van der Waals surface area (Å²) in [6, 6.07) is 17.1. The fourth-order valence-corrected chi connectivity index (χ4v) is 8.11. The first-order valence-corrected chi connectivity index (χ1v) is 14.1. The van der Waals surface area contributed by atoms with Gasteiger partial charge < -0.3 is 4.90 Å². The lowest BCUT2D eigenvalue weighted by Crippen LogP contribution is -2.58. The number of anilines is 1. The molecule has 2 aromatic rings. The molecule has 4 aliphatic carbocycles. The van der Waals surface area contributed by atoms with Crippen LogP contribution in [0.1, 0.15) is 75.8 Å². The van der Waals surface area contributed by atoms with Crippen LogP contribution in [0, 0.1) is 23.2 Å². The standard InChI is InChI=1S/C32H38N2O3/c1-21(2)26-8-10-27(11-9-26)34-29(35)17-28(30(34)36)33(13-12-22-6-4-3-5-7-22)31(37)32-18-23-14-24(19-32)16-25(15-23)20-32/h3-11,21,23-25,28H,12-20H2,1-2H3. The highest BCUT2D eigenvalue weighted by Crippen LogP contribution is 2.60. The molecule has 5 aliphatic rings. The summed E-state index contributed by atoms with van der Waals surface area (Å²) in [6.45, 7) is 4.71. The van der Waals surface area contributed by atoms with Crippen LogP contribution in [0.15, 0.2) is 54.6 Å². The molecule has 4 bridgehead atoms. The summed E-state index contributed by atoms with van der Waals surface area (Å²) < 4.78 is 0. The van der Waals surface area contributed by atoms with Gasteiger partial charge in [0.05, 0.1) is 17.5 Å². The summed E-state index contributed by atoms with van der Waals surface area (Å²) >= 11 is 0. The molecule has 0 N–H and O–H groups in total. The molecule has 5 nitrogen and oxygen atoms in total. The van der Waals surface area contributed by atoms with Gasteiger partial charge in [-0.05, 0) is 91.9 Å². The van der Waals surface area contributed by atoms with Crippen LogP contribution < -0.4 is 4.90 Å². The van der Waals surface area contributed by atoms with Crippen LogP contribution in [0.5, 0.6) is 0 Å². The largest absolute Gasteiger partial charge is 0.329 e. The predicted octanol–water partition coefficient (Wildman–Crippen LogP) is 5.73. The van der Waals surface area contributed by atoms with E-state index < -0.39 is 6.04 Å². The lowest BCUT2D eigenvalue weighted by molar-refractivity contribution is -0.161. The predicted molar refractivity (Wildman–Crippen MR) is 144 cm³/mol. The Bertz CT molecular complexity index is 1150. The number of rotatable bonds is 7. The van der Waals surface area contributed by atoms with E-state index in [0.717, 1.165) is 24.8 Å². The zero-order chi connectivity index (χ0) is 25.7. The lowest BCUT2D eigenvalue weighted by atomic mass is 9.49. The highest BCUT2D eigenvalue weighted by molar-refractivity contribution is 6.23. The van der Waals surface area contributed by atoms with Crippen molar-refractivity contribution in [2.75, 3.05) is 11.4 Å². The second-order valence-electron chi connectivity index (χ2n) is 12.5. The molecule has 194 valence electrons. The Labute approximate surface area is 220 Å². The second-order valence-corrected chi connectivity index (χ2v) is 12.5. The maximum Gasteiger partial charge on any atom is 0.257 e.